The number of hydrogen-bond donors (Lipinski definition) is 0. The quantitative estimate of drug-likeness (QED) is 0.858. The molecule has 1 amide bonds. The summed E-state index contributed by atoms with van der Waals surface area (Å²) in [7, 11) is 0. The second-order valence-corrected chi connectivity index (χ2v) is 5.19. The Morgan fingerprint density at radius 1 is 1.18 bits per heavy atom. The number of hydrogen-bond acceptors (Lipinski definition) is 3. The molecule has 1 heterocycles. The third-order valence-corrected chi connectivity index (χ3v) is 3.69. The second-order valence-electron chi connectivity index (χ2n) is 5.19. The minimum atomic E-state index is -0.526. The maximum atomic E-state index is 12.4. The zero-order valence-electron chi connectivity index (χ0n) is 12.3. The van der Waals surface area contributed by atoms with Gasteiger partial charge in [-0.3, -0.25) is 4.79 Å². The van der Waals surface area contributed by atoms with Gasteiger partial charge in [0.2, 0.25) is 0 Å². The summed E-state index contributed by atoms with van der Waals surface area (Å²) in [6.45, 7) is 2.58. The van der Waals surface area contributed by atoms with Crippen LogP contribution >= 0.6 is 0 Å². The second kappa shape index (κ2) is 5.90. The summed E-state index contributed by atoms with van der Waals surface area (Å²) in [5, 5.41) is 9.42. The predicted octanol–water partition coefficient (Wildman–Crippen LogP) is 3.91. The molecule has 4 nitrogen and oxygen atoms in total. The van der Waals surface area contributed by atoms with E-state index in [0.29, 0.717) is 17.9 Å². The third kappa shape index (κ3) is 2.42. The minimum absolute atomic E-state index is 0.0744. The Labute approximate surface area is 129 Å². The molecule has 3 rings (SSSR count). The van der Waals surface area contributed by atoms with Crippen LogP contribution in [0.25, 0.3) is 0 Å². The number of amides is 1. The number of nitriles is 1. The van der Waals surface area contributed by atoms with Crippen LogP contribution in [-0.2, 0) is 0 Å². The number of carbonyl (C=O) groups excluding carboxylic acids is 1. The van der Waals surface area contributed by atoms with Crippen LogP contribution in [0.1, 0.15) is 35.3 Å². The first-order chi connectivity index (χ1) is 10.7. The van der Waals surface area contributed by atoms with E-state index in [2.05, 4.69) is 6.07 Å². The Kier molecular flexibility index (Phi) is 3.80. The van der Waals surface area contributed by atoms with Gasteiger partial charge >= 0.3 is 0 Å². The molecule has 2 aromatic rings. The lowest BCUT2D eigenvalue weighted by molar-refractivity contribution is 0.0758. The van der Waals surface area contributed by atoms with Gasteiger partial charge in [0.05, 0.1) is 6.07 Å². The largest absolute Gasteiger partial charge is 0.457 e. The van der Waals surface area contributed by atoms with Crippen molar-refractivity contribution in [3.05, 3.63) is 59.7 Å². The molecule has 0 spiro atoms. The molecule has 0 fully saturated rings. The SMILES string of the molecule is CCCN1C(=O)c2ccc(Oc3ccccc3)cc2C1C#N. The molecular formula is C18H16N2O2. The van der Waals surface area contributed by atoms with E-state index in [1.165, 1.54) is 0 Å². The van der Waals surface area contributed by atoms with Gasteiger partial charge in [0.1, 0.15) is 17.5 Å². The van der Waals surface area contributed by atoms with Gasteiger partial charge in [0.15, 0.2) is 0 Å². The molecule has 0 aliphatic carbocycles. The van der Waals surface area contributed by atoms with Gasteiger partial charge in [-0.25, -0.2) is 0 Å². The number of carbonyl (C=O) groups is 1. The van der Waals surface area contributed by atoms with Crippen molar-refractivity contribution in [2.24, 2.45) is 0 Å². The van der Waals surface area contributed by atoms with Crippen molar-refractivity contribution >= 4 is 5.91 Å². The van der Waals surface area contributed by atoms with Gasteiger partial charge < -0.3 is 9.64 Å². The van der Waals surface area contributed by atoms with E-state index in [-0.39, 0.29) is 5.91 Å². The molecule has 0 aromatic heterocycles. The molecule has 2 aromatic carbocycles. The van der Waals surface area contributed by atoms with Gasteiger partial charge in [-0.05, 0) is 36.8 Å². The van der Waals surface area contributed by atoms with Crippen LogP contribution < -0.4 is 4.74 Å². The van der Waals surface area contributed by atoms with Gasteiger partial charge in [-0.1, -0.05) is 25.1 Å². The molecule has 0 saturated carbocycles. The van der Waals surface area contributed by atoms with Crippen LogP contribution in [0.5, 0.6) is 11.5 Å². The average molecular weight is 292 g/mol. The van der Waals surface area contributed by atoms with Gasteiger partial charge in [0, 0.05) is 17.7 Å². The summed E-state index contributed by atoms with van der Waals surface area (Å²) in [6.07, 6.45) is 0.825. The number of nitrogens with zero attached hydrogens (tertiary/aromatic N) is 2. The molecular weight excluding hydrogens is 276 g/mol. The topological polar surface area (TPSA) is 53.3 Å². The molecule has 0 saturated heterocycles. The first-order valence-corrected chi connectivity index (χ1v) is 7.32. The number of para-hydroxylation sites is 1. The lowest BCUT2D eigenvalue weighted by atomic mass is 10.1. The summed E-state index contributed by atoms with van der Waals surface area (Å²) < 4.78 is 5.79. The maximum Gasteiger partial charge on any atom is 0.255 e. The molecule has 0 radical (unpaired) electrons. The normalized spacial score (nSPS) is 16.3. The van der Waals surface area contributed by atoms with Crippen LogP contribution in [-0.4, -0.2) is 17.4 Å². The lowest BCUT2D eigenvalue weighted by Crippen LogP contribution is -2.28. The maximum absolute atomic E-state index is 12.4. The molecule has 110 valence electrons. The number of rotatable bonds is 4. The van der Waals surface area contributed by atoms with Crippen LogP contribution in [0.2, 0.25) is 0 Å². The zero-order valence-corrected chi connectivity index (χ0v) is 12.3. The fourth-order valence-corrected chi connectivity index (χ4v) is 2.70. The van der Waals surface area contributed by atoms with Crippen molar-refractivity contribution in [2.45, 2.75) is 19.4 Å². The van der Waals surface area contributed by atoms with Gasteiger partial charge in [-0.15, -0.1) is 0 Å². The molecule has 1 unspecified atom stereocenters. The summed E-state index contributed by atoms with van der Waals surface area (Å²) in [5.74, 6) is 1.29. The summed E-state index contributed by atoms with van der Waals surface area (Å²) in [5.41, 5.74) is 1.33. The zero-order chi connectivity index (χ0) is 15.5. The molecule has 1 aliphatic rings. The Morgan fingerprint density at radius 3 is 2.64 bits per heavy atom. The van der Waals surface area contributed by atoms with Crippen LogP contribution in [0.3, 0.4) is 0 Å². The summed E-state index contributed by atoms with van der Waals surface area (Å²) in [6, 6.07) is 16.5. The first-order valence-electron chi connectivity index (χ1n) is 7.32. The summed E-state index contributed by atoms with van der Waals surface area (Å²) >= 11 is 0. The van der Waals surface area contributed by atoms with E-state index in [1.807, 2.05) is 37.3 Å². The smallest absolute Gasteiger partial charge is 0.255 e. The van der Waals surface area contributed by atoms with Gasteiger partial charge in [-0.2, -0.15) is 5.26 Å². The van der Waals surface area contributed by atoms with Crippen molar-refractivity contribution < 1.29 is 9.53 Å². The molecule has 0 bridgehead atoms. The molecule has 4 heteroatoms. The van der Waals surface area contributed by atoms with E-state index < -0.39 is 6.04 Å². The molecule has 22 heavy (non-hydrogen) atoms. The Morgan fingerprint density at radius 2 is 1.95 bits per heavy atom. The van der Waals surface area contributed by atoms with Crippen molar-refractivity contribution in [3.8, 4) is 17.6 Å². The fourth-order valence-electron chi connectivity index (χ4n) is 2.70. The fraction of sp³-hybridized carbons (Fsp3) is 0.222. The number of fused-ring (bicyclic) bond motifs is 1. The number of benzene rings is 2. The van der Waals surface area contributed by atoms with E-state index in [9.17, 15) is 10.1 Å². The van der Waals surface area contributed by atoms with E-state index in [0.717, 1.165) is 17.7 Å². The van der Waals surface area contributed by atoms with E-state index in [4.69, 9.17) is 4.74 Å². The van der Waals surface area contributed by atoms with Crippen LogP contribution in [0, 0.1) is 11.3 Å². The van der Waals surface area contributed by atoms with Crippen LogP contribution in [0.15, 0.2) is 48.5 Å². The van der Waals surface area contributed by atoms with E-state index in [1.54, 1.807) is 23.1 Å². The minimum Gasteiger partial charge on any atom is -0.457 e. The Hall–Kier alpha value is -2.80. The van der Waals surface area contributed by atoms with Crippen LogP contribution in [0.4, 0.5) is 0 Å². The highest BCUT2D eigenvalue weighted by molar-refractivity contribution is 5.99. The monoisotopic (exact) mass is 292 g/mol. The van der Waals surface area contributed by atoms with Crippen molar-refractivity contribution in [1.29, 1.82) is 5.26 Å². The highest BCUT2D eigenvalue weighted by Crippen LogP contribution is 2.36. The highest BCUT2D eigenvalue weighted by Gasteiger charge is 2.36. The predicted molar refractivity (Wildman–Crippen MR) is 82.6 cm³/mol. The van der Waals surface area contributed by atoms with Crippen molar-refractivity contribution in [2.75, 3.05) is 6.54 Å². The van der Waals surface area contributed by atoms with Crippen molar-refractivity contribution in [3.63, 3.8) is 0 Å². The van der Waals surface area contributed by atoms with Gasteiger partial charge in [0.25, 0.3) is 5.91 Å². The van der Waals surface area contributed by atoms with Crippen molar-refractivity contribution in [1.82, 2.24) is 4.90 Å². The third-order valence-electron chi connectivity index (χ3n) is 3.69. The molecule has 1 aliphatic heterocycles. The summed E-state index contributed by atoms with van der Waals surface area (Å²) in [4.78, 5) is 14.0. The Balaban J connectivity index is 1.93. The van der Waals surface area contributed by atoms with E-state index >= 15 is 0 Å². The molecule has 1 atom stereocenters. The average Bonchev–Trinajstić information content (AvgIpc) is 2.80. The molecule has 0 N–H and O–H groups in total. The number of ether oxygens (including phenoxy) is 1. The highest BCUT2D eigenvalue weighted by atomic mass is 16.5. The lowest BCUT2D eigenvalue weighted by Gasteiger charge is -2.18. The Bertz CT molecular complexity index is 734. The first kappa shape index (κ1) is 14.2. The standard InChI is InChI=1S/C18H16N2O2/c1-2-10-20-17(12-19)16-11-14(8-9-15(16)18(20)21)22-13-6-4-3-5-7-13/h3-9,11,17H,2,10H2,1H3.